The lowest BCUT2D eigenvalue weighted by Gasteiger charge is -2.11. The molecule has 0 aliphatic rings. The number of hydrazone groups is 1. The van der Waals surface area contributed by atoms with Gasteiger partial charge >= 0.3 is 0 Å². The second-order valence-electron chi connectivity index (χ2n) is 6.48. The first-order chi connectivity index (χ1) is 15.4. The predicted octanol–water partition coefficient (Wildman–Crippen LogP) is 6.48. The Bertz CT molecular complexity index is 1110. The number of methoxy groups -OCH3 is 1. The van der Waals surface area contributed by atoms with Gasteiger partial charge in [-0.3, -0.25) is 4.79 Å². The Kier molecular flexibility index (Phi) is 9.11. The molecular formula is C23H19Cl3N2O3S. The highest BCUT2D eigenvalue weighted by Crippen LogP contribution is 2.29. The van der Waals surface area contributed by atoms with Crippen LogP contribution in [0.4, 0.5) is 0 Å². The summed E-state index contributed by atoms with van der Waals surface area (Å²) >= 11 is 19.2. The maximum absolute atomic E-state index is 12.0. The van der Waals surface area contributed by atoms with E-state index in [0.29, 0.717) is 33.2 Å². The van der Waals surface area contributed by atoms with E-state index in [9.17, 15) is 4.79 Å². The topological polar surface area (TPSA) is 59.9 Å². The Hall–Kier alpha value is -2.38. The second kappa shape index (κ2) is 12.0. The molecule has 3 aromatic rings. The number of amides is 1. The molecule has 9 heteroatoms. The van der Waals surface area contributed by atoms with Gasteiger partial charge in [0.15, 0.2) is 11.5 Å². The molecular weight excluding hydrogens is 491 g/mol. The van der Waals surface area contributed by atoms with Crippen molar-refractivity contribution in [1.29, 1.82) is 0 Å². The normalized spacial score (nSPS) is 10.9. The number of carbonyl (C=O) groups is 1. The molecule has 0 fully saturated rings. The summed E-state index contributed by atoms with van der Waals surface area (Å²) in [4.78, 5) is 12.9. The van der Waals surface area contributed by atoms with Crippen LogP contribution in [0, 0.1) is 0 Å². The standard InChI is InChI=1S/C23H19Cl3N2O3S/c1-30-22-11-15(3-9-21(22)31-13-16-2-8-19(25)20(26)10-16)12-27-28-23(29)14-32-18-6-4-17(24)5-7-18/h2-12H,13-14H2,1H3,(H,28,29)/b27-12-. The zero-order valence-electron chi connectivity index (χ0n) is 17.0. The van der Waals surface area contributed by atoms with Crippen LogP contribution in [-0.2, 0) is 11.4 Å². The highest BCUT2D eigenvalue weighted by atomic mass is 35.5. The zero-order valence-corrected chi connectivity index (χ0v) is 20.1. The highest BCUT2D eigenvalue weighted by molar-refractivity contribution is 8.00. The molecule has 0 saturated heterocycles. The monoisotopic (exact) mass is 508 g/mol. The van der Waals surface area contributed by atoms with Crippen LogP contribution in [-0.4, -0.2) is 25.0 Å². The van der Waals surface area contributed by atoms with E-state index < -0.39 is 0 Å². The van der Waals surface area contributed by atoms with E-state index in [1.54, 1.807) is 43.5 Å². The molecule has 5 nitrogen and oxygen atoms in total. The zero-order chi connectivity index (χ0) is 22.9. The van der Waals surface area contributed by atoms with Gasteiger partial charge in [0.25, 0.3) is 0 Å². The van der Waals surface area contributed by atoms with E-state index in [-0.39, 0.29) is 11.7 Å². The molecule has 0 spiro atoms. The minimum absolute atomic E-state index is 0.213. The number of nitrogens with one attached hydrogen (secondary N) is 1. The van der Waals surface area contributed by atoms with Crippen molar-refractivity contribution in [2.45, 2.75) is 11.5 Å². The van der Waals surface area contributed by atoms with Crippen LogP contribution in [0.15, 0.2) is 70.7 Å². The van der Waals surface area contributed by atoms with Crippen molar-refractivity contribution in [3.8, 4) is 11.5 Å². The Morgan fingerprint density at radius 1 is 1.00 bits per heavy atom. The lowest BCUT2D eigenvalue weighted by Crippen LogP contribution is -2.19. The molecule has 3 aromatic carbocycles. The number of nitrogens with zero attached hydrogens (tertiary/aromatic N) is 1. The predicted molar refractivity (Wildman–Crippen MR) is 132 cm³/mol. The van der Waals surface area contributed by atoms with E-state index in [2.05, 4.69) is 10.5 Å². The van der Waals surface area contributed by atoms with E-state index in [1.807, 2.05) is 24.3 Å². The first-order valence-electron chi connectivity index (χ1n) is 9.39. The van der Waals surface area contributed by atoms with Crippen molar-refractivity contribution < 1.29 is 14.3 Å². The number of halogens is 3. The summed E-state index contributed by atoms with van der Waals surface area (Å²) in [7, 11) is 1.55. The molecule has 0 saturated carbocycles. The van der Waals surface area contributed by atoms with Crippen LogP contribution in [0.1, 0.15) is 11.1 Å². The van der Waals surface area contributed by atoms with Gasteiger partial charge in [-0.1, -0.05) is 40.9 Å². The van der Waals surface area contributed by atoms with Gasteiger partial charge in [-0.25, -0.2) is 5.43 Å². The largest absolute Gasteiger partial charge is 0.493 e. The third-order valence-corrected chi connectivity index (χ3v) is 6.16. The van der Waals surface area contributed by atoms with Crippen LogP contribution >= 0.6 is 46.6 Å². The average molecular weight is 510 g/mol. The molecule has 1 amide bonds. The van der Waals surface area contributed by atoms with Crippen LogP contribution in [0.2, 0.25) is 15.1 Å². The minimum Gasteiger partial charge on any atom is -0.493 e. The van der Waals surface area contributed by atoms with Gasteiger partial charge in [-0.2, -0.15) is 5.10 Å². The second-order valence-corrected chi connectivity index (χ2v) is 8.78. The highest BCUT2D eigenvalue weighted by Gasteiger charge is 2.07. The summed E-state index contributed by atoms with van der Waals surface area (Å²) in [5, 5.41) is 5.62. The maximum Gasteiger partial charge on any atom is 0.250 e. The third-order valence-electron chi connectivity index (χ3n) is 4.15. The number of rotatable bonds is 9. The Morgan fingerprint density at radius 3 is 2.50 bits per heavy atom. The fraction of sp³-hybridized carbons (Fsp3) is 0.130. The Balaban J connectivity index is 1.52. The fourth-order valence-electron chi connectivity index (χ4n) is 2.57. The van der Waals surface area contributed by atoms with Crippen LogP contribution in [0.5, 0.6) is 11.5 Å². The number of hydrogen-bond donors (Lipinski definition) is 1. The Morgan fingerprint density at radius 2 is 1.78 bits per heavy atom. The van der Waals surface area contributed by atoms with Crippen molar-refractivity contribution in [2.24, 2.45) is 5.10 Å². The number of hydrogen-bond acceptors (Lipinski definition) is 5. The fourth-order valence-corrected chi connectivity index (χ4v) is 3.70. The minimum atomic E-state index is -0.213. The van der Waals surface area contributed by atoms with Gasteiger partial charge in [0.2, 0.25) is 5.91 Å². The van der Waals surface area contributed by atoms with Crippen molar-refractivity contribution in [2.75, 3.05) is 12.9 Å². The van der Waals surface area contributed by atoms with E-state index >= 15 is 0 Å². The van der Waals surface area contributed by atoms with Gasteiger partial charge in [0.1, 0.15) is 6.61 Å². The first-order valence-corrected chi connectivity index (χ1v) is 11.5. The summed E-state index contributed by atoms with van der Waals surface area (Å²) < 4.78 is 11.2. The average Bonchev–Trinajstić information content (AvgIpc) is 2.80. The van der Waals surface area contributed by atoms with E-state index in [0.717, 1.165) is 16.0 Å². The van der Waals surface area contributed by atoms with Crippen LogP contribution < -0.4 is 14.9 Å². The molecule has 0 bridgehead atoms. The van der Waals surface area contributed by atoms with Crippen molar-refractivity contribution in [3.63, 3.8) is 0 Å². The molecule has 0 atom stereocenters. The van der Waals surface area contributed by atoms with Crippen LogP contribution in [0.25, 0.3) is 0 Å². The van der Waals surface area contributed by atoms with E-state index in [4.69, 9.17) is 44.3 Å². The number of ether oxygens (including phenoxy) is 2. The number of thioether (sulfide) groups is 1. The SMILES string of the molecule is COc1cc(/C=N\NC(=O)CSc2ccc(Cl)cc2)ccc1OCc1ccc(Cl)c(Cl)c1. The molecule has 0 unspecified atom stereocenters. The van der Waals surface area contributed by atoms with Crippen molar-refractivity contribution >= 4 is 58.7 Å². The summed E-state index contributed by atoms with van der Waals surface area (Å²) in [6.07, 6.45) is 1.54. The molecule has 166 valence electrons. The lowest BCUT2D eigenvalue weighted by molar-refractivity contribution is -0.118. The summed E-state index contributed by atoms with van der Waals surface area (Å²) in [6.45, 7) is 0.308. The summed E-state index contributed by atoms with van der Waals surface area (Å²) in [6, 6.07) is 18.0. The lowest BCUT2D eigenvalue weighted by atomic mass is 10.2. The van der Waals surface area contributed by atoms with Gasteiger partial charge in [-0.05, 0) is 65.7 Å². The Labute approximate surface area is 205 Å². The molecule has 0 aliphatic carbocycles. The summed E-state index contributed by atoms with van der Waals surface area (Å²) in [5.41, 5.74) is 4.14. The molecule has 1 N–H and O–H groups in total. The molecule has 0 radical (unpaired) electrons. The van der Waals surface area contributed by atoms with Gasteiger partial charge < -0.3 is 9.47 Å². The first kappa shape index (κ1) is 24.3. The van der Waals surface area contributed by atoms with Crippen LogP contribution in [0.3, 0.4) is 0 Å². The molecule has 32 heavy (non-hydrogen) atoms. The number of benzene rings is 3. The van der Waals surface area contributed by atoms with Crippen molar-refractivity contribution in [3.05, 3.63) is 86.9 Å². The smallest absolute Gasteiger partial charge is 0.250 e. The molecule has 3 rings (SSSR count). The van der Waals surface area contributed by atoms with Crippen molar-refractivity contribution in [1.82, 2.24) is 5.43 Å². The molecule has 0 aromatic heterocycles. The number of carbonyl (C=O) groups excluding carboxylic acids is 1. The maximum atomic E-state index is 12.0. The van der Waals surface area contributed by atoms with Gasteiger partial charge in [0.05, 0.1) is 29.1 Å². The van der Waals surface area contributed by atoms with E-state index in [1.165, 1.54) is 18.0 Å². The third kappa shape index (κ3) is 7.35. The van der Waals surface area contributed by atoms with Gasteiger partial charge in [0, 0.05) is 9.92 Å². The molecule has 0 aliphatic heterocycles. The van der Waals surface area contributed by atoms with Gasteiger partial charge in [-0.15, -0.1) is 11.8 Å². The summed E-state index contributed by atoms with van der Waals surface area (Å²) in [5.74, 6) is 1.14. The quantitative estimate of drug-likeness (QED) is 0.204. The molecule has 0 heterocycles.